The molecule has 5 aromatic rings. The summed E-state index contributed by atoms with van der Waals surface area (Å²) >= 11 is 0. The molecular formula is C59H58F6N2O17. The first kappa shape index (κ1) is 65.5. The number of esters is 5. The highest BCUT2D eigenvalue weighted by Gasteiger charge is 2.31. The Bertz CT molecular complexity index is 3000. The molecule has 0 saturated carbocycles. The topological polar surface area (TPSA) is 245 Å². The van der Waals surface area contributed by atoms with E-state index in [2.05, 4.69) is 0 Å². The molecule has 0 bridgehead atoms. The molecule has 0 amide bonds. The van der Waals surface area contributed by atoms with Crippen LogP contribution in [0.3, 0.4) is 0 Å². The van der Waals surface area contributed by atoms with Gasteiger partial charge in [-0.1, -0.05) is 24.3 Å². The highest BCUT2D eigenvalue weighted by Crippen LogP contribution is 2.39. The highest BCUT2D eigenvalue weighted by atomic mass is 19.4. The fraction of sp³-hybridized carbons (Fsp3) is 0.339. The molecule has 84 heavy (non-hydrogen) atoms. The SMILES string of the molecule is O=C(C=Cc1ccc(OC(=O)c2ccc(OCCCC(F)(F)F)cc2)cc1)OCCCCCCOC(=O)c1cc([N+](=O)[O-])c(OCCCCCCOC(=O)C=Cc2ccc(OC(=O)c3ccc(OCCCC(F)(F)F)cc3)cc2)c([N+](=O)[O-])c1. The van der Waals surface area contributed by atoms with Gasteiger partial charge in [-0.15, -0.1) is 0 Å². The third-order valence-electron chi connectivity index (χ3n) is 11.7. The van der Waals surface area contributed by atoms with E-state index >= 15 is 0 Å². The average Bonchev–Trinajstić information content (AvgIpc) is 3.67. The van der Waals surface area contributed by atoms with Gasteiger partial charge < -0.3 is 37.9 Å². The number of nitro benzene ring substituents is 2. The number of benzene rings is 5. The third kappa shape index (κ3) is 24.8. The van der Waals surface area contributed by atoms with Crippen molar-refractivity contribution in [2.45, 2.75) is 89.4 Å². The van der Waals surface area contributed by atoms with Crippen LogP contribution >= 0.6 is 0 Å². The van der Waals surface area contributed by atoms with E-state index < -0.39 is 87.6 Å². The first-order valence-electron chi connectivity index (χ1n) is 26.3. The van der Waals surface area contributed by atoms with Gasteiger partial charge in [0.05, 0.1) is 66.2 Å². The van der Waals surface area contributed by atoms with Gasteiger partial charge in [0.25, 0.3) is 5.75 Å². The molecule has 0 aliphatic rings. The van der Waals surface area contributed by atoms with Crippen LogP contribution in [0.1, 0.15) is 119 Å². The summed E-state index contributed by atoms with van der Waals surface area (Å²) in [6.07, 6.45) is -1.59. The first-order chi connectivity index (χ1) is 40.1. The summed E-state index contributed by atoms with van der Waals surface area (Å²) in [5.74, 6) is -3.16. The molecule has 5 rings (SSSR count). The van der Waals surface area contributed by atoms with Crippen LogP contribution in [0.25, 0.3) is 12.2 Å². The van der Waals surface area contributed by atoms with E-state index in [0.717, 1.165) is 12.1 Å². The minimum atomic E-state index is -4.27. The molecule has 0 aliphatic heterocycles. The maximum absolute atomic E-state index is 12.8. The minimum absolute atomic E-state index is 0.0757. The van der Waals surface area contributed by atoms with Crippen molar-refractivity contribution in [2.24, 2.45) is 0 Å². The maximum atomic E-state index is 12.8. The molecule has 0 heterocycles. The van der Waals surface area contributed by atoms with Crippen molar-refractivity contribution >= 4 is 53.4 Å². The third-order valence-corrected chi connectivity index (χ3v) is 11.7. The molecule has 25 heteroatoms. The zero-order valence-electron chi connectivity index (χ0n) is 45.0. The summed E-state index contributed by atoms with van der Waals surface area (Å²) in [4.78, 5) is 84.5. The number of hydrogen-bond donors (Lipinski definition) is 0. The van der Waals surface area contributed by atoms with E-state index in [9.17, 15) is 70.5 Å². The van der Waals surface area contributed by atoms with Gasteiger partial charge in [-0.25, -0.2) is 24.0 Å². The quantitative estimate of drug-likeness (QED) is 0.00543. The molecule has 448 valence electrons. The lowest BCUT2D eigenvalue weighted by molar-refractivity contribution is -0.396. The number of unbranched alkanes of at least 4 members (excludes halogenated alkanes) is 6. The molecule has 19 nitrogen and oxygen atoms in total. The molecule has 0 N–H and O–H groups in total. The van der Waals surface area contributed by atoms with E-state index in [1.54, 1.807) is 24.3 Å². The van der Waals surface area contributed by atoms with Crippen molar-refractivity contribution in [1.82, 2.24) is 0 Å². The Balaban J connectivity index is 0.912. The Hall–Kier alpha value is -9.29. The minimum Gasteiger partial charge on any atom is -0.494 e. The number of rotatable bonds is 34. The van der Waals surface area contributed by atoms with Crippen molar-refractivity contribution in [3.63, 3.8) is 0 Å². The fourth-order valence-electron chi connectivity index (χ4n) is 7.37. The number of nitrogens with zero attached hydrogens (tertiary/aromatic N) is 2. The largest absolute Gasteiger partial charge is 0.494 e. The Morgan fingerprint density at radius 1 is 0.405 bits per heavy atom. The number of hydrogen-bond acceptors (Lipinski definition) is 17. The van der Waals surface area contributed by atoms with Crippen molar-refractivity contribution in [1.29, 1.82) is 0 Å². The van der Waals surface area contributed by atoms with E-state index in [4.69, 9.17) is 37.9 Å². The van der Waals surface area contributed by atoms with Crippen LogP contribution in [0.4, 0.5) is 37.7 Å². The van der Waals surface area contributed by atoms with Gasteiger partial charge in [0.15, 0.2) is 0 Å². The van der Waals surface area contributed by atoms with E-state index in [1.807, 2.05) is 0 Å². The van der Waals surface area contributed by atoms with Crippen molar-refractivity contribution in [3.8, 4) is 28.7 Å². The molecular weight excluding hydrogens is 1120 g/mol. The van der Waals surface area contributed by atoms with E-state index in [-0.39, 0.29) is 75.1 Å². The van der Waals surface area contributed by atoms with Gasteiger partial charge >= 0.3 is 53.6 Å². The average molecular weight is 1180 g/mol. The summed E-state index contributed by atoms with van der Waals surface area (Å²) in [6, 6.07) is 25.6. The smallest absolute Gasteiger partial charge is 0.389 e. The van der Waals surface area contributed by atoms with Gasteiger partial charge in [-0.05, 0) is 160 Å². The molecule has 0 spiro atoms. The maximum Gasteiger partial charge on any atom is 0.389 e. The second-order valence-corrected chi connectivity index (χ2v) is 18.3. The zero-order chi connectivity index (χ0) is 60.9. The Labute approximate surface area is 477 Å². The summed E-state index contributed by atoms with van der Waals surface area (Å²) in [5.41, 5.74) is -0.431. The monoisotopic (exact) mass is 1180 g/mol. The van der Waals surface area contributed by atoms with Crippen LogP contribution in [-0.2, 0) is 23.8 Å². The molecule has 5 aromatic carbocycles. The van der Waals surface area contributed by atoms with E-state index in [1.165, 1.54) is 97.1 Å². The predicted molar refractivity (Wildman–Crippen MR) is 290 cm³/mol. The van der Waals surface area contributed by atoms with E-state index in [0.29, 0.717) is 74.0 Å². The Kier molecular flexibility index (Phi) is 26.2. The van der Waals surface area contributed by atoms with Gasteiger partial charge in [0.1, 0.15) is 23.0 Å². The second kappa shape index (κ2) is 33.6. The molecule has 0 fully saturated rings. The lowest BCUT2D eigenvalue weighted by atomic mass is 10.1. The summed E-state index contributed by atoms with van der Waals surface area (Å²) in [6.45, 7) is -0.329. The van der Waals surface area contributed by atoms with Crippen molar-refractivity contribution < 1.29 is 98.1 Å². The van der Waals surface area contributed by atoms with Gasteiger partial charge in [0, 0.05) is 37.1 Å². The first-order valence-corrected chi connectivity index (χ1v) is 26.3. The summed E-state index contributed by atoms with van der Waals surface area (Å²) in [5, 5.41) is 23.9. The van der Waals surface area contributed by atoms with Crippen LogP contribution < -0.4 is 23.7 Å². The van der Waals surface area contributed by atoms with Crippen LogP contribution in [0.2, 0.25) is 0 Å². The molecule has 0 aliphatic carbocycles. The standard InChI is InChI=1S/C59H58F6N2O17/c60-58(61,62)31-9-37-77-46-25-17-43(18-26-46)56(71)83-48-21-11-41(12-22-48)15-29-52(68)79-33-5-1-3-7-35-81-54-50(66(73)74)39-45(40-51(54)67(75)76)55(70)82-36-8-4-2-6-34-80-53(69)30-16-42-13-23-49(24-14-42)84-57(72)44-19-27-47(28-20-44)78-38-10-32-59(63,64)65/h11-30,39-40H,1-10,31-38H2. The van der Waals surface area contributed by atoms with Gasteiger partial charge in [0.2, 0.25) is 0 Å². The number of ether oxygens (including phenoxy) is 8. The normalized spacial score (nSPS) is 11.5. The van der Waals surface area contributed by atoms with Crippen LogP contribution in [0, 0.1) is 20.2 Å². The van der Waals surface area contributed by atoms with Crippen LogP contribution in [0.15, 0.2) is 121 Å². The lowest BCUT2D eigenvalue weighted by Crippen LogP contribution is -2.10. The molecule has 0 saturated heterocycles. The van der Waals surface area contributed by atoms with Gasteiger partial charge in [-0.2, -0.15) is 26.3 Å². The lowest BCUT2D eigenvalue weighted by Gasteiger charge is -2.10. The summed E-state index contributed by atoms with van der Waals surface area (Å²) in [7, 11) is 0. The van der Waals surface area contributed by atoms with Crippen LogP contribution in [-0.4, -0.2) is 91.7 Å². The van der Waals surface area contributed by atoms with Crippen LogP contribution in [0.5, 0.6) is 28.7 Å². The van der Waals surface area contributed by atoms with Gasteiger partial charge in [-0.3, -0.25) is 20.2 Å². The zero-order valence-corrected chi connectivity index (χ0v) is 45.0. The summed E-state index contributed by atoms with van der Waals surface area (Å²) < 4.78 is 116. The molecule has 0 unspecified atom stereocenters. The molecule has 0 atom stereocenters. The molecule has 0 aromatic heterocycles. The van der Waals surface area contributed by atoms with Crippen molar-refractivity contribution in [3.05, 3.63) is 169 Å². The molecule has 0 radical (unpaired) electrons. The Morgan fingerprint density at radius 2 is 0.750 bits per heavy atom. The number of carbonyl (C=O) groups excluding carboxylic acids is 5. The second-order valence-electron chi connectivity index (χ2n) is 18.3. The number of nitro groups is 2. The number of halogens is 6. The predicted octanol–water partition coefficient (Wildman–Crippen LogP) is 13.6. The number of alkyl halides is 6. The Morgan fingerprint density at radius 3 is 1.12 bits per heavy atom. The fourth-order valence-corrected chi connectivity index (χ4v) is 7.37. The van der Waals surface area contributed by atoms with Crippen molar-refractivity contribution in [2.75, 3.05) is 39.6 Å². The highest BCUT2D eigenvalue weighted by molar-refractivity contribution is 5.93. The number of carbonyl (C=O) groups is 5.